The summed E-state index contributed by atoms with van der Waals surface area (Å²) in [5.74, 6) is -0.874. The van der Waals surface area contributed by atoms with Crippen molar-refractivity contribution < 1.29 is 28.6 Å². The third-order valence-corrected chi connectivity index (χ3v) is 14.8. The van der Waals surface area contributed by atoms with Gasteiger partial charge in [0.05, 0.1) is 0 Å². The molecule has 0 aliphatic heterocycles. The number of unbranched alkanes of at least 4 members (excludes halogenated alkanes) is 35. The Morgan fingerprint density at radius 1 is 0.263 bits per heavy atom. The van der Waals surface area contributed by atoms with Gasteiger partial charge in [0, 0.05) is 19.3 Å². The number of hydrogen-bond acceptors (Lipinski definition) is 6. The van der Waals surface area contributed by atoms with Crippen molar-refractivity contribution in [1.82, 2.24) is 0 Å². The van der Waals surface area contributed by atoms with Crippen LogP contribution in [0.25, 0.3) is 0 Å². The molecule has 0 saturated carbocycles. The zero-order valence-corrected chi connectivity index (χ0v) is 52.8. The van der Waals surface area contributed by atoms with Crippen LogP contribution in [0.3, 0.4) is 0 Å². The molecule has 0 heterocycles. The van der Waals surface area contributed by atoms with Gasteiger partial charge in [-0.15, -0.1) is 0 Å². The Hall–Kier alpha value is -3.67. The van der Waals surface area contributed by atoms with Crippen molar-refractivity contribution in [3.05, 3.63) is 97.2 Å². The third-order valence-electron chi connectivity index (χ3n) is 14.8. The van der Waals surface area contributed by atoms with Gasteiger partial charge in [0.2, 0.25) is 0 Å². The maximum atomic E-state index is 13.0. The van der Waals surface area contributed by atoms with Gasteiger partial charge in [0.25, 0.3) is 0 Å². The second-order valence-corrected chi connectivity index (χ2v) is 22.7. The van der Waals surface area contributed by atoms with Gasteiger partial charge in [0.1, 0.15) is 13.2 Å². The predicted octanol–water partition coefficient (Wildman–Crippen LogP) is 23.6. The first kappa shape index (κ1) is 76.3. The molecule has 0 bridgehead atoms. The molecule has 6 heteroatoms. The van der Waals surface area contributed by atoms with Crippen LogP contribution in [0.15, 0.2) is 97.2 Å². The summed E-state index contributed by atoms with van der Waals surface area (Å²) >= 11 is 0. The van der Waals surface area contributed by atoms with E-state index in [0.717, 1.165) is 116 Å². The summed E-state index contributed by atoms with van der Waals surface area (Å²) in [6, 6.07) is 0. The van der Waals surface area contributed by atoms with Gasteiger partial charge >= 0.3 is 17.9 Å². The zero-order chi connectivity index (χ0) is 57.8. The van der Waals surface area contributed by atoms with Gasteiger partial charge in [-0.3, -0.25) is 14.4 Å². The van der Waals surface area contributed by atoms with Gasteiger partial charge in [-0.25, -0.2) is 0 Å². The van der Waals surface area contributed by atoms with Crippen LogP contribution in [0.1, 0.15) is 335 Å². The SMILES string of the molecule is CC/C=C\C/C=C\C/C=C\C/C=C\CCCCCCCCCCCCC(=O)OCC(COC(=O)CCCCCCCCCCCCCCCCCCCC)OC(=O)CCCCCCCCCC/C=C\C/C=C\C/C=C\C/C=C\CC. The molecule has 460 valence electrons. The van der Waals surface area contributed by atoms with E-state index in [4.69, 9.17) is 14.2 Å². The molecule has 0 aliphatic carbocycles. The van der Waals surface area contributed by atoms with Crippen molar-refractivity contribution in [2.45, 2.75) is 341 Å². The Labute approximate surface area is 496 Å². The van der Waals surface area contributed by atoms with Crippen LogP contribution in [0.2, 0.25) is 0 Å². The molecular formula is C74H128O6. The molecule has 0 rings (SSSR count). The van der Waals surface area contributed by atoms with E-state index in [1.165, 1.54) is 180 Å². The molecule has 0 fully saturated rings. The lowest BCUT2D eigenvalue weighted by Crippen LogP contribution is -2.30. The number of allylic oxidation sites excluding steroid dienone is 16. The highest BCUT2D eigenvalue weighted by molar-refractivity contribution is 5.71. The molecule has 6 nitrogen and oxygen atoms in total. The summed E-state index contributed by atoms with van der Waals surface area (Å²) in [7, 11) is 0. The first-order chi connectivity index (χ1) is 39.5. The average molecular weight is 1110 g/mol. The second-order valence-electron chi connectivity index (χ2n) is 22.7. The van der Waals surface area contributed by atoms with E-state index in [2.05, 4.69) is 118 Å². The van der Waals surface area contributed by atoms with Crippen LogP contribution in [-0.2, 0) is 28.6 Å². The Morgan fingerprint density at radius 2 is 0.487 bits per heavy atom. The fraction of sp³-hybridized carbons (Fsp3) is 0.743. The molecule has 0 saturated heterocycles. The average Bonchev–Trinajstić information content (AvgIpc) is 3.46. The molecule has 80 heavy (non-hydrogen) atoms. The quantitative estimate of drug-likeness (QED) is 0.0261. The van der Waals surface area contributed by atoms with E-state index in [9.17, 15) is 14.4 Å². The highest BCUT2D eigenvalue weighted by Gasteiger charge is 2.19. The lowest BCUT2D eigenvalue weighted by molar-refractivity contribution is -0.167. The summed E-state index contributed by atoms with van der Waals surface area (Å²) in [5, 5.41) is 0. The van der Waals surface area contributed by atoms with Gasteiger partial charge in [0.15, 0.2) is 6.10 Å². The van der Waals surface area contributed by atoms with Crippen molar-refractivity contribution >= 4 is 17.9 Å². The fourth-order valence-corrected chi connectivity index (χ4v) is 9.78. The molecule has 0 aliphatic rings. The molecule has 0 N–H and O–H groups in total. The minimum atomic E-state index is -0.785. The molecule has 0 aromatic heterocycles. The molecule has 0 aromatic carbocycles. The van der Waals surface area contributed by atoms with Crippen LogP contribution in [0.5, 0.6) is 0 Å². The van der Waals surface area contributed by atoms with Gasteiger partial charge in [-0.2, -0.15) is 0 Å². The summed E-state index contributed by atoms with van der Waals surface area (Å²) in [4.78, 5) is 38.5. The van der Waals surface area contributed by atoms with Crippen molar-refractivity contribution in [2.24, 2.45) is 0 Å². The molecule has 1 atom stereocenters. The molecule has 0 spiro atoms. The van der Waals surface area contributed by atoms with Crippen LogP contribution < -0.4 is 0 Å². The van der Waals surface area contributed by atoms with Crippen LogP contribution in [0, 0.1) is 0 Å². The Morgan fingerprint density at radius 3 is 0.762 bits per heavy atom. The first-order valence-electron chi connectivity index (χ1n) is 34.2. The first-order valence-corrected chi connectivity index (χ1v) is 34.2. The summed E-state index contributed by atoms with van der Waals surface area (Å²) in [6.07, 6.45) is 91.3. The number of ether oxygens (including phenoxy) is 3. The molecule has 1 unspecified atom stereocenters. The highest BCUT2D eigenvalue weighted by atomic mass is 16.6. The van der Waals surface area contributed by atoms with Crippen LogP contribution in [0.4, 0.5) is 0 Å². The predicted molar refractivity (Wildman–Crippen MR) is 348 cm³/mol. The standard InChI is InChI=1S/C74H128O6/c1-4-7-10-13-16-19-22-25-28-31-34-36-37-39-40-43-46-49-52-55-58-61-64-67-73(76)79-70-71(69-78-72(75)66-63-60-57-54-51-48-45-42-33-30-27-24-21-18-15-12-9-6-3)80-74(77)68-65-62-59-56-53-50-47-44-41-38-35-32-29-26-23-20-17-14-11-8-5-2/h7-8,10-11,16-17,19-20,25-26,28-29,34-36,38,71H,4-6,9,12-15,18,21-24,27,30-33,37,39-70H2,1-3H3/b10-7-,11-8-,19-16-,20-17-,28-25-,29-26-,36-34-,38-35-. The summed E-state index contributed by atoms with van der Waals surface area (Å²) in [6.45, 7) is 6.45. The van der Waals surface area contributed by atoms with Crippen molar-refractivity contribution in [3.8, 4) is 0 Å². The van der Waals surface area contributed by atoms with E-state index in [1.54, 1.807) is 0 Å². The third kappa shape index (κ3) is 65.1. The Kier molecular flexibility index (Phi) is 64.7. The molecule has 0 aromatic rings. The number of carbonyl (C=O) groups excluding carboxylic acids is 3. The van der Waals surface area contributed by atoms with E-state index < -0.39 is 6.10 Å². The maximum absolute atomic E-state index is 13.0. The lowest BCUT2D eigenvalue weighted by Gasteiger charge is -2.18. The van der Waals surface area contributed by atoms with Gasteiger partial charge < -0.3 is 14.2 Å². The van der Waals surface area contributed by atoms with Gasteiger partial charge in [-0.1, -0.05) is 317 Å². The largest absolute Gasteiger partial charge is 0.462 e. The monoisotopic (exact) mass is 1110 g/mol. The minimum Gasteiger partial charge on any atom is -0.462 e. The fourth-order valence-electron chi connectivity index (χ4n) is 9.78. The smallest absolute Gasteiger partial charge is 0.306 e. The van der Waals surface area contributed by atoms with Crippen molar-refractivity contribution in [2.75, 3.05) is 13.2 Å². The lowest BCUT2D eigenvalue weighted by atomic mass is 10.0. The van der Waals surface area contributed by atoms with Crippen LogP contribution >= 0.6 is 0 Å². The minimum absolute atomic E-state index is 0.0789. The highest BCUT2D eigenvalue weighted by Crippen LogP contribution is 2.17. The Bertz CT molecular complexity index is 1560. The number of hydrogen-bond donors (Lipinski definition) is 0. The molecule has 0 radical (unpaired) electrons. The topological polar surface area (TPSA) is 78.9 Å². The summed E-state index contributed by atoms with van der Waals surface area (Å²) in [5.41, 5.74) is 0. The summed E-state index contributed by atoms with van der Waals surface area (Å²) < 4.78 is 17.0. The normalized spacial score (nSPS) is 12.7. The zero-order valence-electron chi connectivity index (χ0n) is 52.8. The van der Waals surface area contributed by atoms with E-state index in [-0.39, 0.29) is 31.1 Å². The molecule has 0 amide bonds. The maximum Gasteiger partial charge on any atom is 0.306 e. The van der Waals surface area contributed by atoms with E-state index in [1.807, 2.05) is 0 Å². The van der Waals surface area contributed by atoms with E-state index in [0.29, 0.717) is 19.3 Å². The van der Waals surface area contributed by atoms with Gasteiger partial charge in [-0.05, 0) is 96.3 Å². The number of carbonyl (C=O) groups is 3. The second kappa shape index (κ2) is 67.8. The van der Waals surface area contributed by atoms with Crippen molar-refractivity contribution in [1.29, 1.82) is 0 Å². The Balaban J connectivity index is 4.38. The van der Waals surface area contributed by atoms with Crippen molar-refractivity contribution in [3.63, 3.8) is 0 Å². The molecular weight excluding hydrogens is 985 g/mol. The van der Waals surface area contributed by atoms with E-state index >= 15 is 0 Å². The van der Waals surface area contributed by atoms with Crippen LogP contribution in [-0.4, -0.2) is 37.2 Å². The number of esters is 3. The number of rotatable bonds is 62.